The maximum atomic E-state index is 6.75. The number of nitrogens with one attached hydrogen (secondary N) is 1. The van der Waals surface area contributed by atoms with Crippen molar-refractivity contribution in [1.29, 1.82) is 0 Å². The van der Waals surface area contributed by atoms with E-state index >= 15 is 0 Å². The van der Waals surface area contributed by atoms with Gasteiger partial charge in [-0.2, -0.15) is 0 Å². The lowest BCUT2D eigenvalue weighted by Gasteiger charge is -2.39. The van der Waals surface area contributed by atoms with Crippen molar-refractivity contribution in [2.45, 2.75) is 83.6 Å². The van der Waals surface area contributed by atoms with Gasteiger partial charge in [0.1, 0.15) is 12.6 Å². The summed E-state index contributed by atoms with van der Waals surface area (Å²) in [6.45, 7) is 14.3. The Bertz CT molecular complexity index is 1050. The van der Waals surface area contributed by atoms with Crippen LogP contribution in [0.4, 0.5) is 5.82 Å². The summed E-state index contributed by atoms with van der Waals surface area (Å²) in [5, 5.41) is 3.56. The highest BCUT2D eigenvalue weighted by atomic mass is 28.4. The molecule has 4 rings (SSSR count). The molecule has 1 aromatic carbocycles. The molecule has 3 heterocycles. The Kier molecular flexibility index (Phi) is 6.38. The van der Waals surface area contributed by atoms with Crippen LogP contribution in [0.2, 0.25) is 18.1 Å². The van der Waals surface area contributed by atoms with E-state index in [2.05, 4.69) is 73.2 Å². The topological polar surface area (TPSA) is 74.1 Å². The van der Waals surface area contributed by atoms with Crippen LogP contribution in [0.15, 0.2) is 43.0 Å². The van der Waals surface area contributed by atoms with Gasteiger partial charge in [0, 0.05) is 13.0 Å². The van der Waals surface area contributed by atoms with Crippen molar-refractivity contribution in [3.63, 3.8) is 0 Å². The number of aromatic nitrogens is 4. The number of anilines is 1. The van der Waals surface area contributed by atoms with E-state index in [0.717, 1.165) is 29.8 Å². The van der Waals surface area contributed by atoms with Crippen LogP contribution in [-0.2, 0) is 15.7 Å². The lowest BCUT2D eigenvalue weighted by Crippen LogP contribution is -2.45. The third-order valence-electron chi connectivity index (χ3n) is 6.81. The predicted octanol–water partition coefficient (Wildman–Crippen LogP) is 5.53. The first-order valence-corrected chi connectivity index (χ1v) is 14.4. The maximum absolute atomic E-state index is 6.75. The van der Waals surface area contributed by atoms with E-state index in [4.69, 9.17) is 9.16 Å². The fraction of sp³-hybridized carbons (Fsp3) is 0.542. The minimum Gasteiger partial charge on any atom is -0.411 e. The van der Waals surface area contributed by atoms with Crippen molar-refractivity contribution >= 4 is 25.3 Å². The predicted molar refractivity (Wildman–Crippen MR) is 130 cm³/mol. The highest BCUT2D eigenvalue weighted by Gasteiger charge is 2.44. The summed E-state index contributed by atoms with van der Waals surface area (Å²) in [5.41, 5.74) is 2.73. The molecule has 0 amide bonds. The lowest BCUT2D eigenvalue weighted by atomic mass is 10.1. The summed E-state index contributed by atoms with van der Waals surface area (Å²) >= 11 is 0. The SMILES string of the molecule is CC[C@H]1O[C@@H](n2cnc3c(NCc4ccccc4)ncnc32)CC1O[Si](C)(C)C(C)(C)C. The third-order valence-corrected chi connectivity index (χ3v) is 11.3. The molecule has 1 N–H and O–H groups in total. The van der Waals surface area contributed by atoms with Crippen molar-refractivity contribution < 1.29 is 9.16 Å². The number of rotatable bonds is 7. The summed E-state index contributed by atoms with van der Waals surface area (Å²) in [7, 11) is -1.89. The molecule has 0 spiro atoms. The van der Waals surface area contributed by atoms with Crippen molar-refractivity contribution in [3.05, 3.63) is 48.5 Å². The van der Waals surface area contributed by atoms with Gasteiger partial charge in [-0.1, -0.05) is 58.0 Å². The molecule has 0 bridgehead atoms. The van der Waals surface area contributed by atoms with Crippen molar-refractivity contribution in [3.8, 4) is 0 Å². The molecule has 0 aliphatic carbocycles. The standard InChI is InChI=1S/C24H35N5O2Si/c1-7-18-19(31-32(5,6)24(2,3)4)13-20(30-18)29-16-28-21-22(26-15-27-23(21)29)25-14-17-11-9-8-10-12-17/h8-12,15-16,18-20H,7,13-14H2,1-6H3,(H,25,26,27)/t18-,19?,20-/m1/s1. The van der Waals surface area contributed by atoms with Gasteiger partial charge in [-0.05, 0) is 30.1 Å². The smallest absolute Gasteiger partial charge is 0.192 e. The average Bonchev–Trinajstić information content (AvgIpc) is 3.35. The number of hydrogen-bond acceptors (Lipinski definition) is 6. The molecule has 1 aliphatic rings. The Morgan fingerprint density at radius 1 is 1.16 bits per heavy atom. The van der Waals surface area contributed by atoms with Gasteiger partial charge in [-0.3, -0.25) is 4.57 Å². The summed E-state index contributed by atoms with van der Waals surface area (Å²) in [4.78, 5) is 13.6. The molecular formula is C24H35N5O2Si. The number of imidazole rings is 1. The lowest BCUT2D eigenvalue weighted by molar-refractivity contribution is -0.0162. The molecule has 8 heteroatoms. The first kappa shape index (κ1) is 22.9. The Balaban J connectivity index is 1.54. The van der Waals surface area contributed by atoms with Crippen LogP contribution in [0.1, 0.15) is 52.3 Å². The molecule has 7 nitrogen and oxygen atoms in total. The zero-order valence-electron chi connectivity index (χ0n) is 20.0. The zero-order chi connectivity index (χ0) is 22.9. The molecule has 3 aromatic rings. The summed E-state index contributed by atoms with van der Waals surface area (Å²) < 4.78 is 15.2. The molecule has 2 aromatic heterocycles. The Hall–Kier alpha value is -2.29. The fourth-order valence-electron chi connectivity index (χ4n) is 3.89. The second kappa shape index (κ2) is 8.92. The molecular weight excluding hydrogens is 418 g/mol. The Morgan fingerprint density at radius 2 is 1.91 bits per heavy atom. The van der Waals surface area contributed by atoms with Gasteiger partial charge in [-0.15, -0.1) is 0 Å². The van der Waals surface area contributed by atoms with E-state index in [1.807, 2.05) is 29.1 Å². The van der Waals surface area contributed by atoms with Crippen LogP contribution in [0.3, 0.4) is 0 Å². The van der Waals surface area contributed by atoms with Gasteiger partial charge < -0.3 is 14.5 Å². The first-order chi connectivity index (χ1) is 15.2. The van der Waals surface area contributed by atoms with E-state index in [0.29, 0.717) is 6.54 Å². The molecule has 1 fully saturated rings. The fourth-order valence-corrected chi connectivity index (χ4v) is 5.25. The van der Waals surface area contributed by atoms with Gasteiger partial charge in [-0.25, -0.2) is 15.0 Å². The Morgan fingerprint density at radius 3 is 2.59 bits per heavy atom. The van der Waals surface area contributed by atoms with Crippen LogP contribution in [-0.4, -0.2) is 40.0 Å². The quantitative estimate of drug-likeness (QED) is 0.474. The molecule has 32 heavy (non-hydrogen) atoms. The second-order valence-corrected chi connectivity index (χ2v) is 14.8. The monoisotopic (exact) mass is 453 g/mol. The molecule has 0 saturated carbocycles. The normalized spacial score (nSPS) is 21.9. The van der Waals surface area contributed by atoms with E-state index < -0.39 is 8.32 Å². The molecule has 1 aliphatic heterocycles. The summed E-state index contributed by atoms with van der Waals surface area (Å²) in [6.07, 6.45) is 5.14. The third kappa shape index (κ3) is 4.58. The van der Waals surface area contributed by atoms with Gasteiger partial charge in [0.2, 0.25) is 0 Å². The van der Waals surface area contributed by atoms with Gasteiger partial charge >= 0.3 is 0 Å². The van der Waals surface area contributed by atoms with Crippen molar-refractivity contribution in [1.82, 2.24) is 19.5 Å². The minimum atomic E-state index is -1.89. The van der Waals surface area contributed by atoms with Crippen molar-refractivity contribution in [2.75, 3.05) is 5.32 Å². The second-order valence-electron chi connectivity index (χ2n) is 10.1. The first-order valence-electron chi connectivity index (χ1n) is 11.5. The molecule has 1 saturated heterocycles. The van der Waals surface area contributed by atoms with Crippen LogP contribution in [0, 0.1) is 0 Å². The van der Waals surface area contributed by atoms with E-state index in [-0.39, 0.29) is 23.5 Å². The highest BCUT2D eigenvalue weighted by Crippen LogP contribution is 2.42. The van der Waals surface area contributed by atoms with Crippen LogP contribution in [0.25, 0.3) is 11.2 Å². The molecule has 1 unspecified atom stereocenters. The van der Waals surface area contributed by atoms with Gasteiger partial charge in [0.15, 0.2) is 25.3 Å². The number of nitrogens with zero attached hydrogens (tertiary/aromatic N) is 4. The number of benzene rings is 1. The highest BCUT2D eigenvalue weighted by molar-refractivity contribution is 6.74. The average molecular weight is 454 g/mol. The summed E-state index contributed by atoms with van der Waals surface area (Å²) in [6, 6.07) is 10.3. The Labute approximate surface area is 191 Å². The zero-order valence-corrected chi connectivity index (χ0v) is 21.0. The molecule has 0 radical (unpaired) electrons. The largest absolute Gasteiger partial charge is 0.411 e. The van der Waals surface area contributed by atoms with Crippen LogP contribution >= 0.6 is 0 Å². The van der Waals surface area contributed by atoms with Gasteiger partial charge in [0.05, 0.1) is 18.5 Å². The van der Waals surface area contributed by atoms with E-state index in [1.54, 1.807) is 6.33 Å². The van der Waals surface area contributed by atoms with E-state index in [1.165, 1.54) is 5.56 Å². The molecule has 3 atom stereocenters. The minimum absolute atomic E-state index is 0.0732. The number of hydrogen-bond donors (Lipinski definition) is 1. The van der Waals surface area contributed by atoms with Crippen LogP contribution < -0.4 is 5.32 Å². The van der Waals surface area contributed by atoms with Gasteiger partial charge in [0.25, 0.3) is 0 Å². The van der Waals surface area contributed by atoms with Crippen LogP contribution in [0.5, 0.6) is 0 Å². The van der Waals surface area contributed by atoms with E-state index in [9.17, 15) is 0 Å². The molecule has 172 valence electrons. The number of fused-ring (bicyclic) bond motifs is 1. The number of ether oxygens (including phenoxy) is 1. The summed E-state index contributed by atoms with van der Waals surface area (Å²) in [5.74, 6) is 0.733. The van der Waals surface area contributed by atoms with Crippen molar-refractivity contribution in [2.24, 2.45) is 0 Å². The maximum Gasteiger partial charge on any atom is 0.192 e.